The number of rotatable bonds is 11. The average molecular weight is 526 g/mol. The number of benzene rings is 3. The maximum absolute atomic E-state index is 10.0. The molecule has 0 saturated carbocycles. The fourth-order valence-electron chi connectivity index (χ4n) is 5.61. The van der Waals surface area contributed by atoms with Crippen LogP contribution in [0.4, 0.5) is 5.69 Å². The van der Waals surface area contributed by atoms with E-state index in [1.54, 1.807) is 17.7 Å². The fraction of sp³-hybridized carbons (Fsp3) is 0.486. The normalized spacial score (nSPS) is 12.4. The van der Waals surface area contributed by atoms with Crippen molar-refractivity contribution in [3.63, 3.8) is 0 Å². The van der Waals surface area contributed by atoms with Crippen molar-refractivity contribution in [3.05, 3.63) is 93.0 Å². The molecule has 0 bridgehead atoms. The van der Waals surface area contributed by atoms with Crippen LogP contribution in [0.2, 0.25) is 0 Å². The zero-order chi connectivity index (χ0) is 28.9. The van der Waals surface area contributed by atoms with Crippen molar-refractivity contribution < 1.29 is 5.11 Å². The monoisotopic (exact) mass is 525 g/mol. The third-order valence-corrected chi connectivity index (χ3v) is 7.83. The Labute approximate surface area is 238 Å². The zero-order valence-electron chi connectivity index (χ0n) is 26.2. The zero-order valence-corrected chi connectivity index (χ0v) is 26.2. The molecule has 2 heteroatoms. The van der Waals surface area contributed by atoms with Gasteiger partial charge in [0.2, 0.25) is 0 Å². The molecule has 0 aliphatic carbocycles. The first-order valence-corrected chi connectivity index (χ1v) is 15.1. The number of hydrogen-bond donors (Lipinski definition) is 1. The summed E-state index contributed by atoms with van der Waals surface area (Å²) in [5.41, 5.74) is 13.0. The number of aliphatic imine (C=N–C) groups is 1. The van der Waals surface area contributed by atoms with E-state index in [2.05, 4.69) is 86.6 Å². The van der Waals surface area contributed by atoms with Crippen molar-refractivity contribution in [2.45, 2.75) is 119 Å². The Hall–Kier alpha value is -2.87. The van der Waals surface area contributed by atoms with Gasteiger partial charge in [-0.25, -0.2) is 0 Å². The Bertz CT molecular complexity index is 1230. The second-order valence-electron chi connectivity index (χ2n) is 12.5. The van der Waals surface area contributed by atoms with E-state index in [1.165, 1.54) is 52.6 Å². The smallest absolute Gasteiger partial charge is 0.116 e. The summed E-state index contributed by atoms with van der Waals surface area (Å²) in [6.07, 6.45) is 4.59. The molecule has 0 amide bonds. The molecule has 0 fully saturated rings. The summed E-state index contributed by atoms with van der Waals surface area (Å²) in [5.74, 6) is 2.01. The van der Waals surface area contributed by atoms with E-state index in [0.717, 1.165) is 23.4 Å². The van der Waals surface area contributed by atoms with Crippen molar-refractivity contribution >= 4 is 11.4 Å². The molecule has 210 valence electrons. The Morgan fingerprint density at radius 2 is 1.21 bits per heavy atom. The van der Waals surface area contributed by atoms with Gasteiger partial charge in [-0.3, -0.25) is 4.99 Å². The second-order valence-corrected chi connectivity index (χ2v) is 12.5. The first kappa shape index (κ1) is 30.7. The molecule has 0 aliphatic rings. The summed E-state index contributed by atoms with van der Waals surface area (Å²) >= 11 is 0. The number of aromatic hydroxyl groups is 1. The van der Waals surface area contributed by atoms with Gasteiger partial charge in [-0.15, -0.1) is 0 Å². The lowest BCUT2D eigenvalue weighted by molar-refractivity contribution is 0.475. The fourth-order valence-corrected chi connectivity index (χ4v) is 5.61. The van der Waals surface area contributed by atoms with E-state index < -0.39 is 0 Å². The molecule has 39 heavy (non-hydrogen) atoms. The lowest BCUT2D eigenvalue weighted by atomic mass is 9.83. The van der Waals surface area contributed by atoms with Crippen LogP contribution in [0.3, 0.4) is 0 Å². The highest BCUT2D eigenvalue weighted by Crippen LogP contribution is 2.38. The van der Waals surface area contributed by atoms with Gasteiger partial charge < -0.3 is 5.11 Å². The number of phenolic OH excluding ortho intramolecular Hbond substituents is 1. The lowest BCUT2D eigenvalue weighted by Crippen LogP contribution is -2.07. The molecular weight excluding hydrogens is 474 g/mol. The first-order valence-electron chi connectivity index (χ1n) is 15.1. The molecular formula is C37H51NO. The molecule has 1 N–H and O–H groups in total. The van der Waals surface area contributed by atoms with Gasteiger partial charge in [0.1, 0.15) is 5.75 Å². The standard InChI is InChI=1S/C37H51NO/c1-11-12-16-32-33(23(2)3)18-28(19-34(32)24(4)5)17-29-20-35(25(6)7)37(36(21-29)26(8)9)38-27(10)30-14-13-15-31(39)22-30/h13-15,18-26,39H,11-12,16-17H2,1-10H3. The van der Waals surface area contributed by atoms with Crippen LogP contribution in [-0.4, -0.2) is 10.8 Å². The third kappa shape index (κ3) is 7.62. The molecule has 0 aromatic heterocycles. The highest BCUT2D eigenvalue weighted by atomic mass is 16.3. The van der Waals surface area contributed by atoms with Crippen LogP contribution in [0.5, 0.6) is 5.75 Å². The average Bonchev–Trinajstić information content (AvgIpc) is 2.87. The maximum Gasteiger partial charge on any atom is 0.116 e. The van der Waals surface area contributed by atoms with Gasteiger partial charge in [-0.1, -0.05) is 105 Å². The van der Waals surface area contributed by atoms with Gasteiger partial charge in [0, 0.05) is 5.71 Å². The number of hydrogen-bond acceptors (Lipinski definition) is 2. The van der Waals surface area contributed by atoms with Crippen molar-refractivity contribution in [3.8, 4) is 5.75 Å². The minimum Gasteiger partial charge on any atom is -0.508 e. The maximum atomic E-state index is 10.0. The topological polar surface area (TPSA) is 32.6 Å². The molecule has 0 heterocycles. The first-order chi connectivity index (χ1) is 18.4. The van der Waals surface area contributed by atoms with E-state index in [1.807, 2.05) is 19.1 Å². The lowest BCUT2D eigenvalue weighted by Gasteiger charge is -2.23. The summed E-state index contributed by atoms with van der Waals surface area (Å²) in [4.78, 5) is 5.18. The van der Waals surface area contributed by atoms with E-state index in [-0.39, 0.29) is 5.75 Å². The predicted molar refractivity (Wildman–Crippen MR) is 171 cm³/mol. The molecule has 0 saturated heterocycles. The van der Waals surface area contributed by atoms with Gasteiger partial charge in [-0.2, -0.15) is 0 Å². The molecule has 0 unspecified atom stereocenters. The SMILES string of the molecule is CCCCc1c(C(C)C)cc(Cc2cc(C(C)C)c(N=C(C)c3cccc(O)c3)c(C(C)C)c2)cc1C(C)C. The summed E-state index contributed by atoms with van der Waals surface area (Å²) in [6.45, 7) is 22.8. The minimum absolute atomic E-state index is 0.271. The molecule has 3 aromatic rings. The Morgan fingerprint density at radius 3 is 1.64 bits per heavy atom. The van der Waals surface area contributed by atoms with Crippen LogP contribution in [0.25, 0.3) is 0 Å². The molecule has 3 aromatic carbocycles. The minimum atomic E-state index is 0.271. The molecule has 3 rings (SSSR count). The Balaban J connectivity index is 2.14. The van der Waals surface area contributed by atoms with Crippen molar-refractivity contribution in [2.24, 2.45) is 4.99 Å². The highest BCUT2D eigenvalue weighted by molar-refractivity contribution is 6.01. The third-order valence-electron chi connectivity index (χ3n) is 7.83. The van der Waals surface area contributed by atoms with Gasteiger partial charge >= 0.3 is 0 Å². The number of unbranched alkanes of at least 4 members (excludes halogenated alkanes) is 1. The van der Waals surface area contributed by atoms with Crippen LogP contribution in [0, 0.1) is 0 Å². The van der Waals surface area contributed by atoms with E-state index in [4.69, 9.17) is 4.99 Å². The van der Waals surface area contributed by atoms with E-state index in [9.17, 15) is 5.11 Å². The van der Waals surface area contributed by atoms with Gasteiger partial charge in [0.05, 0.1) is 5.69 Å². The van der Waals surface area contributed by atoms with Crippen molar-refractivity contribution in [1.29, 1.82) is 0 Å². The molecule has 2 nitrogen and oxygen atoms in total. The van der Waals surface area contributed by atoms with E-state index in [0.29, 0.717) is 23.7 Å². The number of phenols is 1. The van der Waals surface area contributed by atoms with Crippen LogP contribution >= 0.6 is 0 Å². The molecule has 0 radical (unpaired) electrons. The molecule has 0 aliphatic heterocycles. The summed E-state index contributed by atoms with van der Waals surface area (Å²) in [5, 5.41) is 10.0. The quantitative estimate of drug-likeness (QED) is 0.248. The van der Waals surface area contributed by atoms with Crippen LogP contribution in [0.1, 0.15) is 150 Å². The molecule has 0 spiro atoms. The van der Waals surface area contributed by atoms with Crippen LogP contribution in [-0.2, 0) is 12.8 Å². The molecule has 0 atom stereocenters. The van der Waals surface area contributed by atoms with Crippen LogP contribution < -0.4 is 0 Å². The summed E-state index contributed by atoms with van der Waals surface area (Å²) in [6, 6.07) is 17.1. The second kappa shape index (κ2) is 13.5. The van der Waals surface area contributed by atoms with Crippen LogP contribution in [0.15, 0.2) is 53.5 Å². The Kier molecular flexibility index (Phi) is 10.6. The van der Waals surface area contributed by atoms with E-state index >= 15 is 0 Å². The largest absolute Gasteiger partial charge is 0.508 e. The van der Waals surface area contributed by atoms with Crippen molar-refractivity contribution in [2.75, 3.05) is 0 Å². The summed E-state index contributed by atoms with van der Waals surface area (Å²) < 4.78 is 0. The predicted octanol–water partition coefficient (Wildman–Crippen LogP) is 11.0. The number of nitrogens with zero attached hydrogens (tertiary/aromatic N) is 1. The van der Waals surface area contributed by atoms with Crippen molar-refractivity contribution in [1.82, 2.24) is 0 Å². The summed E-state index contributed by atoms with van der Waals surface area (Å²) in [7, 11) is 0. The highest BCUT2D eigenvalue weighted by Gasteiger charge is 2.19. The van der Waals surface area contributed by atoms with Gasteiger partial charge in [0.15, 0.2) is 0 Å². The van der Waals surface area contributed by atoms with Gasteiger partial charge in [-0.05, 0) is 106 Å². The Morgan fingerprint density at radius 1 is 0.718 bits per heavy atom. The van der Waals surface area contributed by atoms with Gasteiger partial charge in [0.25, 0.3) is 0 Å².